The highest BCUT2D eigenvalue weighted by atomic mass is 19.1. The smallest absolute Gasteiger partial charge is 0.152 e. The van der Waals surface area contributed by atoms with Crippen LogP contribution in [0.15, 0.2) is 36.7 Å². The zero-order valence-electron chi connectivity index (χ0n) is 7.55. The summed E-state index contributed by atoms with van der Waals surface area (Å²) < 4.78 is 39.8. The van der Waals surface area contributed by atoms with Crippen LogP contribution in [0.1, 0.15) is 0 Å². The molecule has 2 rings (SSSR count). The first kappa shape index (κ1) is 9.71. The Kier molecular flexibility index (Phi) is 2.41. The van der Waals surface area contributed by atoms with Crippen molar-refractivity contribution in [2.45, 2.75) is 0 Å². The molecule has 0 aliphatic carbocycles. The first-order valence-electron chi connectivity index (χ1n) is 4.24. The lowest BCUT2D eigenvalue weighted by molar-refractivity contribution is 0.573. The number of pyridine rings is 1. The van der Waals surface area contributed by atoms with E-state index >= 15 is 0 Å². The van der Waals surface area contributed by atoms with Crippen LogP contribution in [0, 0.1) is 17.5 Å². The van der Waals surface area contributed by atoms with Crippen LogP contribution in [0.2, 0.25) is 0 Å². The van der Waals surface area contributed by atoms with Gasteiger partial charge in [0.15, 0.2) is 11.6 Å². The lowest BCUT2D eigenvalue weighted by Gasteiger charge is -2.05. The van der Waals surface area contributed by atoms with Crippen LogP contribution in [-0.2, 0) is 0 Å². The average molecular weight is 209 g/mol. The molecule has 4 heteroatoms. The standard InChI is InChI=1S/C11H6F3N/c12-8-4-2-1-3-7(8)11-9(13)5-15-6-10(11)14/h1-6H. The van der Waals surface area contributed by atoms with Crippen molar-refractivity contribution < 1.29 is 13.2 Å². The number of hydrogen-bond donors (Lipinski definition) is 0. The topological polar surface area (TPSA) is 12.9 Å². The largest absolute Gasteiger partial charge is 0.259 e. The summed E-state index contributed by atoms with van der Waals surface area (Å²) in [6.45, 7) is 0. The fraction of sp³-hybridized carbons (Fsp3) is 0. The predicted octanol–water partition coefficient (Wildman–Crippen LogP) is 3.17. The summed E-state index contributed by atoms with van der Waals surface area (Å²) in [4.78, 5) is 3.33. The van der Waals surface area contributed by atoms with E-state index in [9.17, 15) is 13.2 Å². The molecule has 0 aliphatic rings. The summed E-state index contributed by atoms with van der Waals surface area (Å²) in [6, 6.07) is 5.43. The molecule has 1 nitrogen and oxygen atoms in total. The minimum atomic E-state index is -0.875. The van der Waals surface area contributed by atoms with Crippen LogP contribution in [0.3, 0.4) is 0 Å². The molecule has 0 saturated carbocycles. The number of halogens is 3. The molecule has 1 heterocycles. The van der Waals surface area contributed by atoms with Crippen molar-refractivity contribution in [1.82, 2.24) is 4.98 Å². The molecule has 1 aromatic carbocycles. The molecule has 2 aromatic rings. The van der Waals surface area contributed by atoms with Gasteiger partial charge >= 0.3 is 0 Å². The summed E-state index contributed by atoms with van der Waals surface area (Å²) in [7, 11) is 0. The van der Waals surface area contributed by atoms with Crippen molar-refractivity contribution in [3.8, 4) is 11.1 Å². The maximum Gasteiger partial charge on any atom is 0.152 e. The third-order valence-corrected chi connectivity index (χ3v) is 2.00. The Balaban J connectivity index is 2.69. The summed E-state index contributed by atoms with van der Waals surface area (Å²) in [5.41, 5.74) is -0.488. The van der Waals surface area contributed by atoms with Gasteiger partial charge in [0.1, 0.15) is 5.82 Å². The summed E-state index contributed by atoms with van der Waals surface area (Å²) in [5.74, 6) is -2.42. The molecule has 0 unspecified atom stereocenters. The Morgan fingerprint density at radius 3 is 2.00 bits per heavy atom. The van der Waals surface area contributed by atoms with Gasteiger partial charge in [-0.25, -0.2) is 13.2 Å². The first-order chi connectivity index (χ1) is 7.20. The molecule has 0 fully saturated rings. The van der Waals surface area contributed by atoms with Crippen molar-refractivity contribution in [1.29, 1.82) is 0 Å². The Bertz CT molecular complexity index is 477. The maximum absolute atomic E-state index is 13.3. The van der Waals surface area contributed by atoms with Gasteiger partial charge in [-0.1, -0.05) is 18.2 Å². The van der Waals surface area contributed by atoms with E-state index in [1.807, 2.05) is 0 Å². The molecule has 15 heavy (non-hydrogen) atoms. The highest BCUT2D eigenvalue weighted by Gasteiger charge is 2.14. The monoisotopic (exact) mass is 209 g/mol. The molecule has 0 amide bonds. The van der Waals surface area contributed by atoms with Gasteiger partial charge in [0, 0.05) is 5.56 Å². The molecule has 0 bridgehead atoms. The summed E-state index contributed by atoms with van der Waals surface area (Å²) >= 11 is 0. The van der Waals surface area contributed by atoms with Crippen LogP contribution in [-0.4, -0.2) is 4.98 Å². The van der Waals surface area contributed by atoms with Gasteiger partial charge in [-0.05, 0) is 6.07 Å². The zero-order valence-corrected chi connectivity index (χ0v) is 7.55. The zero-order chi connectivity index (χ0) is 10.8. The van der Waals surface area contributed by atoms with Crippen molar-refractivity contribution >= 4 is 0 Å². The second-order valence-electron chi connectivity index (χ2n) is 2.96. The van der Waals surface area contributed by atoms with E-state index in [0.717, 1.165) is 18.5 Å². The third kappa shape index (κ3) is 1.70. The van der Waals surface area contributed by atoms with Gasteiger partial charge in [-0.3, -0.25) is 4.98 Å². The maximum atomic E-state index is 13.3. The van der Waals surface area contributed by atoms with Gasteiger partial charge in [0.05, 0.1) is 18.0 Å². The van der Waals surface area contributed by atoms with E-state index in [0.29, 0.717) is 0 Å². The van der Waals surface area contributed by atoms with Gasteiger partial charge < -0.3 is 0 Å². The van der Waals surface area contributed by atoms with Crippen molar-refractivity contribution in [3.63, 3.8) is 0 Å². The highest BCUT2D eigenvalue weighted by Crippen LogP contribution is 2.27. The Labute approximate surface area is 84.2 Å². The summed E-state index contributed by atoms with van der Waals surface area (Å²) in [5, 5.41) is 0. The summed E-state index contributed by atoms with van der Waals surface area (Å²) in [6.07, 6.45) is 1.70. The van der Waals surface area contributed by atoms with Gasteiger partial charge in [0.2, 0.25) is 0 Å². The number of benzene rings is 1. The second kappa shape index (κ2) is 3.73. The lowest BCUT2D eigenvalue weighted by Crippen LogP contribution is -1.93. The molecule has 76 valence electrons. The average Bonchev–Trinajstić information content (AvgIpc) is 2.20. The normalized spacial score (nSPS) is 10.3. The molecule has 0 radical (unpaired) electrons. The fourth-order valence-electron chi connectivity index (χ4n) is 1.33. The minimum absolute atomic E-state index is 0.102. The third-order valence-electron chi connectivity index (χ3n) is 2.00. The van der Waals surface area contributed by atoms with Gasteiger partial charge in [-0.15, -0.1) is 0 Å². The van der Waals surface area contributed by atoms with Crippen molar-refractivity contribution in [3.05, 3.63) is 54.1 Å². The Morgan fingerprint density at radius 2 is 1.40 bits per heavy atom. The lowest BCUT2D eigenvalue weighted by atomic mass is 10.1. The van der Waals surface area contributed by atoms with E-state index in [-0.39, 0.29) is 11.1 Å². The molecule has 1 aromatic heterocycles. The van der Waals surface area contributed by atoms with Crippen LogP contribution in [0.5, 0.6) is 0 Å². The number of hydrogen-bond acceptors (Lipinski definition) is 1. The highest BCUT2D eigenvalue weighted by molar-refractivity contribution is 5.64. The van der Waals surface area contributed by atoms with E-state index in [1.165, 1.54) is 18.2 Å². The molecule has 0 aliphatic heterocycles. The Morgan fingerprint density at radius 1 is 0.800 bits per heavy atom. The number of nitrogens with zero attached hydrogens (tertiary/aromatic N) is 1. The van der Waals surface area contributed by atoms with Crippen LogP contribution in [0.4, 0.5) is 13.2 Å². The SMILES string of the molecule is Fc1ccccc1-c1c(F)cncc1F. The van der Waals surface area contributed by atoms with E-state index < -0.39 is 17.5 Å². The molecule has 0 saturated heterocycles. The van der Waals surface area contributed by atoms with E-state index in [1.54, 1.807) is 0 Å². The molecule has 0 N–H and O–H groups in total. The minimum Gasteiger partial charge on any atom is -0.259 e. The number of aromatic nitrogens is 1. The predicted molar refractivity (Wildman–Crippen MR) is 49.5 cm³/mol. The second-order valence-corrected chi connectivity index (χ2v) is 2.96. The molecular formula is C11H6F3N. The van der Waals surface area contributed by atoms with Crippen LogP contribution < -0.4 is 0 Å². The van der Waals surface area contributed by atoms with Crippen molar-refractivity contribution in [2.75, 3.05) is 0 Å². The molecular weight excluding hydrogens is 203 g/mol. The molecule has 0 atom stereocenters. The van der Waals surface area contributed by atoms with Gasteiger partial charge in [-0.2, -0.15) is 0 Å². The Hall–Kier alpha value is -1.84. The number of rotatable bonds is 1. The molecule has 0 spiro atoms. The van der Waals surface area contributed by atoms with Gasteiger partial charge in [0.25, 0.3) is 0 Å². The fourth-order valence-corrected chi connectivity index (χ4v) is 1.33. The quantitative estimate of drug-likeness (QED) is 0.702. The first-order valence-corrected chi connectivity index (χ1v) is 4.24. The van der Waals surface area contributed by atoms with Crippen molar-refractivity contribution in [2.24, 2.45) is 0 Å². The van der Waals surface area contributed by atoms with E-state index in [4.69, 9.17) is 0 Å². The van der Waals surface area contributed by atoms with E-state index in [2.05, 4.69) is 4.98 Å². The van der Waals surface area contributed by atoms with Crippen LogP contribution in [0.25, 0.3) is 11.1 Å². The van der Waals surface area contributed by atoms with Crippen LogP contribution >= 0.6 is 0 Å².